The molecule has 0 radical (unpaired) electrons. The topological polar surface area (TPSA) is 66.4 Å². The van der Waals surface area contributed by atoms with Crippen molar-refractivity contribution in [3.63, 3.8) is 0 Å². The maximum atomic E-state index is 12.0. The summed E-state index contributed by atoms with van der Waals surface area (Å²) in [5, 5.41) is 15.4. The molecule has 1 saturated carbocycles. The van der Waals surface area contributed by atoms with Crippen LogP contribution in [-0.4, -0.2) is 23.0 Å². The van der Waals surface area contributed by atoms with Crippen LogP contribution in [-0.2, 0) is 16.0 Å². The van der Waals surface area contributed by atoms with Gasteiger partial charge in [0.05, 0.1) is 5.92 Å². The SMILES string of the molecule is O=C(CCCc1csc2ccccc12)N[C@@H]1CC[C@H](C(=O)O)C1. The van der Waals surface area contributed by atoms with Crippen LogP contribution in [0.3, 0.4) is 0 Å². The summed E-state index contributed by atoms with van der Waals surface area (Å²) in [4.78, 5) is 22.9. The fourth-order valence-electron chi connectivity index (χ4n) is 3.30. The minimum absolute atomic E-state index is 0.0329. The normalized spacial score (nSPS) is 20.7. The lowest BCUT2D eigenvalue weighted by Crippen LogP contribution is -2.33. The highest BCUT2D eigenvalue weighted by Crippen LogP contribution is 2.27. The molecule has 0 aliphatic heterocycles. The zero-order valence-corrected chi connectivity index (χ0v) is 13.8. The van der Waals surface area contributed by atoms with Crippen LogP contribution < -0.4 is 5.32 Å². The number of aryl methyl sites for hydroxylation is 1. The van der Waals surface area contributed by atoms with Gasteiger partial charge in [-0.2, -0.15) is 0 Å². The third-order valence-corrected chi connectivity index (χ3v) is 5.57. The molecule has 0 spiro atoms. The van der Waals surface area contributed by atoms with E-state index in [0.717, 1.165) is 19.3 Å². The molecule has 3 rings (SSSR count). The van der Waals surface area contributed by atoms with Crippen LogP contribution in [0.1, 0.15) is 37.7 Å². The largest absolute Gasteiger partial charge is 0.481 e. The predicted molar refractivity (Wildman–Crippen MR) is 91.7 cm³/mol. The summed E-state index contributed by atoms with van der Waals surface area (Å²) < 4.78 is 1.29. The minimum Gasteiger partial charge on any atom is -0.481 e. The Labute approximate surface area is 139 Å². The first-order valence-corrected chi connectivity index (χ1v) is 8.98. The first-order valence-electron chi connectivity index (χ1n) is 8.11. The van der Waals surface area contributed by atoms with Crippen LogP contribution in [0.15, 0.2) is 29.6 Å². The molecule has 1 amide bonds. The molecule has 5 heteroatoms. The molecular weight excluding hydrogens is 310 g/mol. The van der Waals surface area contributed by atoms with Gasteiger partial charge in [-0.25, -0.2) is 0 Å². The molecule has 2 N–H and O–H groups in total. The maximum Gasteiger partial charge on any atom is 0.306 e. The summed E-state index contributed by atoms with van der Waals surface area (Å²) in [6.45, 7) is 0. The van der Waals surface area contributed by atoms with E-state index in [-0.39, 0.29) is 17.9 Å². The molecule has 1 aromatic carbocycles. The molecular formula is C18H21NO3S. The number of carbonyl (C=O) groups excluding carboxylic acids is 1. The van der Waals surface area contributed by atoms with Crippen molar-refractivity contribution in [3.05, 3.63) is 35.2 Å². The highest BCUT2D eigenvalue weighted by Gasteiger charge is 2.30. The number of carbonyl (C=O) groups is 2. The number of carboxylic acid groups (broad SMARTS) is 1. The quantitative estimate of drug-likeness (QED) is 0.850. The van der Waals surface area contributed by atoms with Gasteiger partial charge in [-0.15, -0.1) is 11.3 Å². The average molecular weight is 331 g/mol. The van der Waals surface area contributed by atoms with E-state index in [4.69, 9.17) is 5.11 Å². The second-order valence-electron chi connectivity index (χ2n) is 6.22. The highest BCUT2D eigenvalue weighted by molar-refractivity contribution is 7.17. The molecule has 1 aliphatic carbocycles. The van der Waals surface area contributed by atoms with E-state index < -0.39 is 5.97 Å². The third kappa shape index (κ3) is 3.91. The monoisotopic (exact) mass is 331 g/mol. The third-order valence-electron chi connectivity index (χ3n) is 4.56. The van der Waals surface area contributed by atoms with Crippen molar-refractivity contribution in [3.8, 4) is 0 Å². The summed E-state index contributed by atoms with van der Waals surface area (Å²) in [6.07, 6.45) is 4.23. The van der Waals surface area contributed by atoms with Crippen LogP contribution in [0.25, 0.3) is 10.1 Å². The van der Waals surface area contributed by atoms with Gasteiger partial charge in [-0.3, -0.25) is 9.59 Å². The number of rotatable bonds is 6. The average Bonchev–Trinajstić information content (AvgIpc) is 3.15. The number of thiophene rings is 1. The van der Waals surface area contributed by atoms with Crippen molar-refractivity contribution >= 4 is 33.3 Å². The second kappa shape index (κ2) is 7.13. The first kappa shape index (κ1) is 16.0. The molecule has 1 aromatic heterocycles. The lowest BCUT2D eigenvalue weighted by Gasteiger charge is -2.12. The Morgan fingerprint density at radius 2 is 2.09 bits per heavy atom. The van der Waals surface area contributed by atoms with E-state index in [1.807, 2.05) is 12.1 Å². The summed E-state index contributed by atoms with van der Waals surface area (Å²) in [5.41, 5.74) is 1.31. The van der Waals surface area contributed by atoms with Crippen molar-refractivity contribution in [2.75, 3.05) is 0 Å². The Morgan fingerprint density at radius 1 is 1.26 bits per heavy atom. The van der Waals surface area contributed by atoms with Crippen LogP contribution in [0, 0.1) is 5.92 Å². The smallest absolute Gasteiger partial charge is 0.306 e. The fraction of sp³-hybridized carbons (Fsp3) is 0.444. The first-order chi connectivity index (χ1) is 11.1. The van der Waals surface area contributed by atoms with Gasteiger partial charge in [0.25, 0.3) is 0 Å². The van der Waals surface area contributed by atoms with Crippen LogP contribution in [0.5, 0.6) is 0 Å². The van der Waals surface area contributed by atoms with Crippen molar-refractivity contribution in [2.24, 2.45) is 5.92 Å². The molecule has 1 fully saturated rings. The predicted octanol–water partition coefficient (Wildman–Crippen LogP) is 3.59. The summed E-state index contributed by atoms with van der Waals surface area (Å²) >= 11 is 1.75. The van der Waals surface area contributed by atoms with Crippen LogP contribution in [0.4, 0.5) is 0 Å². The number of amides is 1. The van der Waals surface area contributed by atoms with Gasteiger partial charge < -0.3 is 10.4 Å². The van der Waals surface area contributed by atoms with E-state index >= 15 is 0 Å². The summed E-state index contributed by atoms with van der Waals surface area (Å²) in [6, 6.07) is 8.37. The lowest BCUT2D eigenvalue weighted by atomic mass is 10.1. The molecule has 4 nitrogen and oxygen atoms in total. The number of carboxylic acids is 1. The van der Waals surface area contributed by atoms with Crippen molar-refractivity contribution in [2.45, 2.75) is 44.6 Å². The van der Waals surface area contributed by atoms with Gasteiger partial charge in [0.2, 0.25) is 5.91 Å². The van der Waals surface area contributed by atoms with Gasteiger partial charge in [-0.05, 0) is 54.5 Å². The number of hydrogen-bond donors (Lipinski definition) is 2. The van der Waals surface area contributed by atoms with E-state index in [2.05, 4.69) is 22.8 Å². The van der Waals surface area contributed by atoms with Crippen LogP contribution >= 0.6 is 11.3 Å². The van der Waals surface area contributed by atoms with Crippen LogP contribution in [0.2, 0.25) is 0 Å². The van der Waals surface area contributed by atoms with Gasteiger partial charge in [0.15, 0.2) is 0 Å². The van der Waals surface area contributed by atoms with E-state index in [9.17, 15) is 9.59 Å². The number of aliphatic carboxylic acids is 1. The van der Waals surface area contributed by atoms with Crippen molar-refractivity contribution in [1.82, 2.24) is 5.32 Å². The highest BCUT2D eigenvalue weighted by atomic mass is 32.1. The minimum atomic E-state index is -0.744. The Bertz CT molecular complexity index is 709. The molecule has 122 valence electrons. The number of hydrogen-bond acceptors (Lipinski definition) is 3. The summed E-state index contributed by atoms with van der Waals surface area (Å²) in [7, 11) is 0. The zero-order chi connectivity index (χ0) is 16.2. The van der Waals surface area contributed by atoms with E-state index in [1.54, 1.807) is 11.3 Å². The van der Waals surface area contributed by atoms with E-state index in [0.29, 0.717) is 19.3 Å². The second-order valence-corrected chi connectivity index (χ2v) is 7.13. The lowest BCUT2D eigenvalue weighted by molar-refractivity contribution is -0.141. The molecule has 0 saturated heterocycles. The maximum absolute atomic E-state index is 12.0. The van der Waals surface area contributed by atoms with Gasteiger partial charge in [0.1, 0.15) is 0 Å². The molecule has 0 unspecified atom stereocenters. The molecule has 2 atom stereocenters. The number of nitrogens with one attached hydrogen (secondary N) is 1. The van der Waals surface area contributed by atoms with Crippen molar-refractivity contribution < 1.29 is 14.7 Å². The van der Waals surface area contributed by atoms with Gasteiger partial charge in [-0.1, -0.05) is 18.2 Å². The Morgan fingerprint density at radius 3 is 2.87 bits per heavy atom. The molecule has 1 aliphatic rings. The Kier molecular flexibility index (Phi) is 4.96. The fourth-order valence-corrected chi connectivity index (χ4v) is 4.30. The molecule has 23 heavy (non-hydrogen) atoms. The van der Waals surface area contributed by atoms with Gasteiger partial charge in [0, 0.05) is 17.2 Å². The van der Waals surface area contributed by atoms with Crippen molar-refractivity contribution in [1.29, 1.82) is 0 Å². The van der Waals surface area contributed by atoms with E-state index in [1.165, 1.54) is 15.6 Å². The number of benzene rings is 1. The Balaban J connectivity index is 1.44. The number of fused-ring (bicyclic) bond motifs is 1. The standard InChI is InChI=1S/C18H21NO3S/c20-17(19-14-9-8-12(10-14)18(21)22)7-3-4-13-11-23-16-6-2-1-5-15(13)16/h1-2,5-6,11-12,14H,3-4,7-10H2,(H,19,20)(H,21,22)/t12-,14+/m0/s1. The molecule has 0 bridgehead atoms. The zero-order valence-electron chi connectivity index (χ0n) is 13.0. The Hall–Kier alpha value is -1.88. The summed E-state index contributed by atoms with van der Waals surface area (Å²) in [5.74, 6) is -0.996. The molecule has 2 aromatic rings. The molecule has 1 heterocycles. The van der Waals surface area contributed by atoms with Gasteiger partial charge >= 0.3 is 5.97 Å².